The van der Waals surface area contributed by atoms with Gasteiger partial charge in [-0.25, -0.2) is 0 Å². The van der Waals surface area contributed by atoms with Crippen molar-refractivity contribution in [1.29, 1.82) is 0 Å². The van der Waals surface area contributed by atoms with Crippen molar-refractivity contribution in [3.63, 3.8) is 0 Å². The van der Waals surface area contributed by atoms with Crippen molar-refractivity contribution in [2.75, 3.05) is 0 Å². The summed E-state index contributed by atoms with van der Waals surface area (Å²) in [5.74, 6) is -0.137. The van der Waals surface area contributed by atoms with E-state index in [1.54, 1.807) is 0 Å². The summed E-state index contributed by atoms with van der Waals surface area (Å²) in [6, 6.07) is 0. The Hall–Kier alpha value is -1.05. The highest BCUT2D eigenvalue weighted by molar-refractivity contribution is 5.67. The first-order valence-electron chi connectivity index (χ1n) is 5.12. The molecule has 80 valence electrons. The van der Waals surface area contributed by atoms with Gasteiger partial charge in [-0.2, -0.15) is 0 Å². The summed E-state index contributed by atoms with van der Waals surface area (Å²) in [7, 11) is 0. The molecule has 0 spiro atoms. The van der Waals surface area contributed by atoms with E-state index in [-0.39, 0.29) is 6.42 Å². The molecule has 14 heavy (non-hydrogen) atoms. The van der Waals surface area contributed by atoms with Gasteiger partial charge in [-0.05, 0) is 19.3 Å². The van der Waals surface area contributed by atoms with Crippen molar-refractivity contribution in [2.24, 2.45) is 5.92 Å². The molecule has 0 saturated heterocycles. The maximum atomic E-state index is 10.3. The Balaban J connectivity index is 3.87. The molecule has 1 atom stereocenters. The first-order chi connectivity index (χ1) is 6.56. The summed E-state index contributed by atoms with van der Waals surface area (Å²) in [6.07, 6.45) is 8.16. The molecule has 1 N–H and O–H groups in total. The van der Waals surface area contributed by atoms with Crippen LogP contribution in [0, 0.1) is 5.92 Å². The molecule has 0 amide bonds. The third-order valence-electron chi connectivity index (χ3n) is 2.20. The van der Waals surface area contributed by atoms with Crippen molar-refractivity contribution < 1.29 is 9.90 Å². The number of carboxylic acids is 1. The molecule has 0 aliphatic rings. The summed E-state index contributed by atoms with van der Waals surface area (Å²) in [5.41, 5.74) is 1.12. The molecule has 2 heteroatoms. The lowest BCUT2D eigenvalue weighted by Gasteiger charge is -1.98. The monoisotopic (exact) mass is 196 g/mol. The quantitative estimate of drug-likeness (QED) is 0.661. The van der Waals surface area contributed by atoms with Gasteiger partial charge in [-0.1, -0.05) is 44.1 Å². The first kappa shape index (κ1) is 12.9. The number of carbonyl (C=O) groups is 1. The molecule has 0 unspecified atom stereocenters. The predicted molar refractivity (Wildman–Crippen MR) is 59.2 cm³/mol. The number of allylic oxidation sites excluding steroid dienone is 4. The van der Waals surface area contributed by atoms with Gasteiger partial charge in [0.15, 0.2) is 0 Å². The van der Waals surface area contributed by atoms with Crippen LogP contribution in [0.25, 0.3) is 0 Å². The van der Waals surface area contributed by atoms with E-state index in [0.717, 1.165) is 12.0 Å². The molecule has 0 heterocycles. The van der Waals surface area contributed by atoms with Crippen LogP contribution in [0.4, 0.5) is 0 Å². The standard InChI is InChI=1S/C12H20O2/c1-4-10(2)6-5-7-11(3)8-9-12(13)14/h5-7,10H,4,8-9H2,1-3H3,(H,13,14)/b6-5+,11-7+/t10-/m0/s1. The minimum Gasteiger partial charge on any atom is -0.481 e. The summed E-state index contributed by atoms with van der Waals surface area (Å²) in [6.45, 7) is 6.27. The first-order valence-corrected chi connectivity index (χ1v) is 5.12. The number of carboxylic acid groups (broad SMARTS) is 1. The van der Waals surface area contributed by atoms with Crippen LogP contribution in [0.2, 0.25) is 0 Å². The zero-order valence-corrected chi connectivity index (χ0v) is 9.29. The minimum absolute atomic E-state index is 0.222. The van der Waals surface area contributed by atoms with Crippen LogP contribution < -0.4 is 0 Å². The van der Waals surface area contributed by atoms with Crippen LogP contribution in [0.3, 0.4) is 0 Å². The smallest absolute Gasteiger partial charge is 0.303 e. The van der Waals surface area contributed by atoms with E-state index < -0.39 is 5.97 Å². The van der Waals surface area contributed by atoms with E-state index in [4.69, 9.17) is 5.11 Å². The number of hydrogen-bond donors (Lipinski definition) is 1. The zero-order valence-electron chi connectivity index (χ0n) is 9.29. The van der Waals surface area contributed by atoms with Crippen LogP contribution in [0.1, 0.15) is 40.0 Å². The van der Waals surface area contributed by atoms with Crippen LogP contribution in [-0.2, 0) is 4.79 Å². The highest BCUT2D eigenvalue weighted by Gasteiger charge is 1.96. The molecular formula is C12H20O2. The zero-order chi connectivity index (χ0) is 11.0. The number of aliphatic carboxylic acids is 1. The molecular weight excluding hydrogens is 176 g/mol. The number of hydrogen-bond acceptors (Lipinski definition) is 1. The molecule has 0 saturated carbocycles. The van der Waals surface area contributed by atoms with E-state index in [0.29, 0.717) is 12.3 Å². The van der Waals surface area contributed by atoms with Gasteiger partial charge in [0.05, 0.1) is 0 Å². The molecule has 0 fully saturated rings. The molecule has 2 nitrogen and oxygen atoms in total. The summed E-state index contributed by atoms with van der Waals surface area (Å²) >= 11 is 0. The fourth-order valence-electron chi connectivity index (χ4n) is 0.933. The van der Waals surface area contributed by atoms with Crippen molar-refractivity contribution in [3.8, 4) is 0 Å². The van der Waals surface area contributed by atoms with Gasteiger partial charge >= 0.3 is 5.97 Å². The second-order valence-electron chi connectivity index (χ2n) is 3.68. The van der Waals surface area contributed by atoms with Gasteiger partial charge in [-0.3, -0.25) is 4.79 Å². The van der Waals surface area contributed by atoms with Crippen LogP contribution >= 0.6 is 0 Å². The van der Waals surface area contributed by atoms with Gasteiger partial charge < -0.3 is 5.11 Å². The number of rotatable bonds is 6. The predicted octanol–water partition coefficient (Wildman–Crippen LogP) is 3.40. The Morgan fingerprint density at radius 1 is 1.43 bits per heavy atom. The Bertz CT molecular complexity index is 226. The summed E-state index contributed by atoms with van der Waals surface area (Å²) in [4.78, 5) is 10.3. The van der Waals surface area contributed by atoms with Crippen molar-refractivity contribution in [2.45, 2.75) is 40.0 Å². The Kier molecular flexibility index (Phi) is 6.81. The van der Waals surface area contributed by atoms with Gasteiger partial charge in [0.2, 0.25) is 0 Å². The molecule has 0 rings (SSSR count). The largest absolute Gasteiger partial charge is 0.481 e. The van der Waals surface area contributed by atoms with E-state index in [1.165, 1.54) is 0 Å². The maximum Gasteiger partial charge on any atom is 0.303 e. The minimum atomic E-state index is -0.733. The Labute approximate surface area is 86.3 Å². The van der Waals surface area contributed by atoms with Gasteiger partial charge in [0.25, 0.3) is 0 Å². The SMILES string of the molecule is CC[C@H](C)/C=C/C=C(\C)CCC(=O)O. The fraction of sp³-hybridized carbons (Fsp3) is 0.583. The van der Waals surface area contributed by atoms with E-state index in [9.17, 15) is 4.79 Å². The lowest BCUT2D eigenvalue weighted by Crippen LogP contribution is -1.93. The summed E-state index contributed by atoms with van der Waals surface area (Å²) < 4.78 is 0. The van der Waals surface area contributed by atoms with E-state index in [1.807, 2.05) is 19.1 Å². The Morgan fingerprint density at radius 2 is 2.07 bits per heavy atom. The van der Waals surface area contributed by atoms with E-state index in [2.05, 4.69) is 19.9 Å². The van der Waals surface area contributed by atoms with Crippen LogP contribution in [0.15, 0.2) is 23.8 Å². The maximum absolute atomic E-state index is 10.3. The van der Waals surface area contributed by atoms with Gasteiger partial charge in [0.1, 0.15) is 0 Å². The molecule has 0 aromatic rings. The third kappa shape index (κ3) is 7.59. The molecule has 0 aliphatic heterocycles. The van der Waals surface area contributed by atoms with Crippen LogP contribution in [-0.4, -0.2) is 11.1 Å². The molecule has 0 bridgehead atoms. The normalized spacial score (nSPS) is 14.6. The van der Waals surface area contributed by atoms with Crippen molar-refractivity contribution in [3.05, 3.63) is 23.8 Å². The average molecular weight is 196 g/mol. The molecule has 0 aromatic carbocycles. The van der Waals surface area contributed by atoms with Gasteiger partial charge in [-0.15, -0.1) is 0 Å². The van der Waals surface area contributed by atoms with Gasteiger partial charge in [0, 0.05) is 6.42 Å². The average Bonchev–Trinajstić information content (AvgIpc) is 2.14. The highest BCUT2D eigenvalue weighted by atomic mass is 16.4. The Morgan fingerprint density at radius 3 is 2.57 bits per heavy atom. The topological polar surface area (TPSA) is 37.3 Å². The molecule has 0 aliphatic carbocycles. The highest BCUT2D eigenvalue weighted by Crippen LogP contribution is 2.06. The van der Waals surface area contributed by atoms with Crippen molar-refractivity contribution in [1.82, 2.24) is 0 Å². The van der Waals surface area contributed by atoms with Crippen molar-refractivity contribution >= 4 is 5.97 Å². The lowest BCUT2D eigenvalue weighted by atomic mass is 10.1. The second-order valence-corrected chi connectivity index (χ2v) is 3.68. The lowest BCUT2D eigenvalue weighted by molar-refractivity contribution is -0.136. The second kappa shape index (κ2) is 7.36. The fourth-order valence-corrected chi connectivity index (χ4v) is 0.933. The third-order valence-corrected chi connectivity index (χ3v) is 2.20. The van der Waals surface area contributed by atoms with E-state index >= 15 is 0 Å². The molecule has 0 aromatic heterocycles. The molecule has 0 radical (unpaired) electrons. The van der Waals surface area contributed by atoms with Crippen LogP contribution in [0.5, 0.6) is 0 Å². The summed E-state index contributed by atoms with van der Waals surface area (Å²) in [5, 5.41) is 8.47.